The highest BCUT2D eigenvalue weighted by atomic mass is 32.2. The maximum Gasteiger partial charge on any atom is 0.312 e. The van der Waals surface area contributed by atoms with Crippen LogP contribution in [0, 0.1) is 28.6 Å². The smallest absolute Gasteiger partial charge is 0.312 e. The topological polar surface area (TPSA) is 63.7 Å². The predicted molar refractivity (Wildman–Crippen MR) is 114 cm³/mol. The van der Waals surface area contributed by atoms with Gasteiger partial charge in [-0.25, -0.2) is 12.7 Å². The van der Waals surface area contributed by atoms with Gasteiger partial charge in [0.05, 0.1) is 11.8 Å². The van der Waals surface area contributed by atoms with Gasteiger partial charge in [0.2, 0.25) is 10.0 Å². The van der Waals surface area contributed by atoms with Gasteiger partial charge in [-0.05, 0) is 54.6 Å². The Morgan fingerprint density at radius 3 is 2.50 bits per heavy atom. The van der Waals surface area contributed by atoms with E-state index in [1.165, 1.54) is 0 Å². The van der Waals surface area contributed by atoms with E-state index in [9.17, 15) is 13.2 Å². The Hall–Kier alpha value is -0.843. The van der Waals surface area contributed by atoms with Crippen LogP contribution in [0.1, 0.15) is 60.3 Å². The number of amides is 1. The number of rotatable bonds is 3. The van der Waals surface area contributed by atoms with Crippen molar-refractivity contribution in [2.75, 3.05) is 12.4 Å². The zero-order chi connectivity index (χ0) is 21.2. The summed E-state index contributed by atoms with van der Waals surface area (Å²) in [5.41, 5.74) is -0.330. The molecule has 2 bridgehead atoms. The fourth-order valence-corrected chi connectivity index (χ4v) is 8.84. The number of carbonyl (C=O) groups excluding carboxylic acids is 1. The molecule has 3 atom stereocenters. The molecule has 1 aliphatic heterocycles. The second-order valence-corrected chi connectivity index (χ2v) is 17.5. The number of fused-ring (bicyclic) bond motifs is 1. The van der Waals surface area contributed by atoms with Crippen molar-refractivity contribution in [3.8, 4) is 11.8 Å². The molecule has 3 rings (SSSR count). The lowest BCUT2D eigenvalue weighted by Gasteiger charge is -2.36. The SMILES string of the molecule is CC1(C)[C@@H]2CC[C@]13CS(=O)(=O)N(C(=O)C#CCCO[Si](C)(C)C(C)(C)C)[C@@H]3C2. The molecule has 1 saturated heterocycles. The van der Waals surface area contributed by atoms with E-state index in [1.54, 1.807) is 0 Å². The minimum atomic E-state index is -3.59. The van der Waals surface area contributed by atoms with Crippen LogP contribution in [0.4, 0.5) is 0 Å². The van der Waals surface area contributed by atoms with E-state index >= 15 is 0 Å². The van der Waals surface area contributed by atoms with E-state index in [1.807, 2.05) is 0 Å². The molecule has 3 aliphatic rings. The third kappa shape index (κ3) is 3.16. The predicted octanol–water partition coefficient (Wildman–Crippen LogP) is 3.77. The normalized spacial score (nSPS) is 32.8. The fourth-order valence-electron chi connectivity index (χ4n) is 5.32. The Morgan fingerprint density at radius 2 is 1.93 bits per heavy atom. The van der Waals surface area contributed by atoms with Crippen LogP contribution in [0.15, 0.2) is 0 Å². The maximum atomic E-state index is 12.8. The van der Waals surface area contributed by atoms with E-state index in [0.29, 0.717) is 18.9 Å². The van der Waals surface area contributed by atoms with Gasteiger partial charge in [0.25, 0.3) is 0 Å². The molecule has 5 nitrogen and oxygen atoms in total. The maximum absolute atomic E-state index is 12.8. The van der Waals surface area contributed by atoms with Crippen molar-refractivity contribution < 1.29 is 17.6 Å². The van der Waals surface area contributed by atoms with E-state index in [4.69, 9.17) is 4.43 Å². The van der Waals surface area contributed by atoms with Crippen LogP contribution in [-0.4, -0.2) is 45.3 Å². The lowest BCUT2D eigenvalue weighted by atomic mass is 9.69. The average molecular weight is 426 g/mol. The van der Waals surface area contributed by atoms with E-state index < -0.39 is 24.2 Å². The van der Waals surface area contributed by atoms with Crippen LogP contribution in [0.2, 0.25) is 18.1 Å². The molecule has 158 valence electrons. The van der Waals surface area contributed by atoms with Crippen LogP contribution in [0.3, 0.4) is 0 Å². The number of hydrogen-bond donors (Lipinski definition) is 0. The van der Waals surface area contributed by atoms with Crippen LogP contribution in [0.5, 0.6) is 0 Å². The summed E-state index contributed by atoms with van der Waals surface area (Å²) in [6.45, 7) is 15.7. The van der Waals surface area contributed by atoms with Crippen molar-refractivity contribution in [3.05, 3.63) is 0 Å². The van der Waals surface area contributed by atoms with E-state index in [0.717, 1.165) is 23.6 Å². The van der Waals surface area contributed by atoms with E-state index in [-0.39, 0.29) is 27.7 Å². The van der Waals surface area contributed by atoms with Gasteiger partial charge in [0.15, 0.2) is 8.32 Å². The molecule has 0 aromatic heterocycles. The summed E-state index contributed by atoms with van der Waals surface area (Å²) in [6.07, 6.45) is 3.19. The Balaban J connectivity index is 1.67. The van der Waals surface area contributed by atoms with Crippen molar-refractivity contribution >= 4 is 24.2 Å². The molecule has 7 heteroatoms. The monoisotopic (exact) mass is 425 g/mol. The molecule has 0 radical (unpaired) electrons. The summed E-state index contributed by atoms with van der Waals surface area (Å²) in [4.78, 5) is 12.7. The highest BCUT2D eigenvalue weighted by molar-refractivity contribution is 7.90. The summed E-state index contributed by atoms with van der Waals surface area (Å²) in [5.74, 6) is 5.48. The first-order valence-electron chi connectivity index (χ1n) is 10.3. The lowest BCUT2D eigenvalue weighted by Crippen LogP contribution is -2.43. The summed E-state index contributed by atoms with van der Waals surface area (Å²) in [5, 5.41) is 0.128. The third-order valence-electron chi connectivity index (χ3n) is 8.30. The average Bonchev–Trinajstić information content (AvgIpc) is 3.00. The minimum absolute atomic E-state index is 0.0375. The molecule has 3 fully saturated rings. The molecule has 0 unspecified atom stereocenters. The van der Waals surface area contributed by atoms with Crippen LogP contribution < -0.4 is 0 Å². The van der Waals surface area contributed by atoms with Gasteiger partial charge in [-0.2, -0.15) is 0 Å². The zero-order valence-electron chi connectivity index (χ0n) is 18.4. The first kappa shape index (κ1) is 21.9. The zero-order valence-corrected chi connectivity index (χ0v) is 20.2. The Bertz CT molecular complexity index is 831. The number of nitrogens with zero attached hydrogens (tertiary/aromatic N) is 1. The first-order valence-corrected chi connectivity index (χ1v) is 14.9. The lowest BCUT2D eigenvalue weighted by molar-refractivity contribution is -0.123. The fraction of sp³-hybridized carbons (Fsp3) is 0.857. The van der Waals surface area contributed by atoms with Gasteiger partial charge in [-0.15, -0.1) is 0 Å². The third-order valence-corrected chi connectivity index (χ3v) is 14.7. The van der Waals surface area contributed by atoms with Gasteiger partial charge < -0.3 is 4.43 Å². The standard InChI is InChI=1S/C21H35NO4SSi/c1-19(2,3)28(6,7)26-13-9-8-10-18(23)22-17-14-16-11-12-21(17,20(16,4)5)15-27(22,24)25/h16-17H,9,11-15H2,1-7H3/t16-,17-,21-/m1/s1. The summed E-state index contributed by atoms with van der Waals surface area (Å²) in [6, 6.07) is -0.212. The molecule has 0 aromatic carbocycles. The molecule has 0 N–H and O–H groups in total. The number of carbonyl (C=O) groups is 1. The largest absolute Gasteiger partial charge is 0.416 e. The molecule has 2 saturated carbocycles. The van der Waals surface area contributed by atoms with Gasteiger partial charge in [0, 0.05) is 18.4 Å². The van der Waals surface area contributed by atoms with Crippen molar-refractivity contribution in [3.63, 3.8) is 0 Å². The first-order chi connectivity index (χ1) is 12.7. The molecule has 0 aromatic rings. The van der Waals surface area contributed by atoms with Crippen molar-refractivity contribution in [1.82, 2.24) is 4.31 Å². The Morgan fingerprint density at radius 1 is 1.29 bits per heavy atom. The molecule has 1 heterocycles. The summed E-state index contributed by atoms with van der Waals surface area (Å²) < 4.78 is 32.9. The second-order valence-electron chi connectivity index (χ2n) is 10.9. The molecule has 2 aliphatic carbocycles. The highest BCUT2D eigenvalue weighted by Gasteiger charge is 2.72. The van der Waals surface area contributed by atoms with Gasteiger partial charge in [-0.1, -0.05) is 40.5 Å². The second kappa shape index (κ2) is 6.58. The molecule has 28 heavy (non-hydrogen) atoms. The van der Waals surface area contributed by atoms with Gasteiger partial charge in [-0.3, -0.25) is 4.79 Å². The molecular weight excluding hydrogens is 390 g/mol. The van der Waals surface area contributed by atoms with E-state index in [2.05, 4.69) is 59.6 Å². The molecular formula is C21H35NO4SSi. The summed E-state index contributed by atoms with van der Waals surface area (Å²) in [7, 11) is -5.42. The Kier molecular flexibility index (Phi) is 5.14. The van der Waals surface area contributed by atoms with Gasteiger partial charge in [0.1, 0.15) is 0 Å². The minimum Gasteiger partial charge on any atom is -0.416 e. The highest BCUT2D eigenvalue weighted by Crippen LogP contribution is 2.69. The van der Waals surface area contributed by atoms with Crippen LogP contribution in [-0.2, 0) is 19.2 Å². The molecule has 1 amide bonds. The van der Waals surface area contributed by atoms with Crippen LogP contribution in [0.25, 0.3) is 0 Å². The van der Waals surface area contributed by atoms with Crippen molar-refractivity contribution in [1.29, 1.82) is 0 Å². The Labute approximate surface area is 171 Å². The van der Waals surface area contributed by atoms with Crippen molar-refractivity contribution in [2.24, 2.45) is 16.7 Å². The van der Waals surface area contributed by atoms with Gasteiger partial charge >= 0.3 is 5.91 Å². The quantitative estimate of drug-likeness (QED) is 0.392. The van der Waals surface area contributed by atoms with Crippen molar-refractivity contribution in [2.45, 2.75) is 84.5 Å². The number of hydrogen-bond acceptors (Lipinski definition) is 4. The summed E-state index contributed by atoms with van der Waals surface area (Å²) >= 11 is 0. The van der Waals surface area contributed by atoms with Crippen LogP contribution >= 0.6 is 0 Å². The number of sulfonamides is 1. The molecule has 1 spiro atoms.